The maximum Gasteiger partial charge on any atom is 0.267 e. The van der Waals surface area contributed by atoms with Crippen LogP contribution in [0, 0.1) is 0 Å². The third-order valence-corrected chi connectivity index (χ3v) is 6.55. The molecule has 1 aliphatic heterocycles. The molecule has 4 heterocycles. The maximum absolute atomic E-state index is 12.5. The number of aromatic nitrogens is 5. The van der Waals surface area contributed by atoms with Crippen molar-refractivity contribution in [2.75, 3.05) is 23.3 Å². The van der Waals surface area contributed by atoms with Gasteiger partial charge in [0.15, 0.2) is 5.65 Å². The van der Waals surface area contributed by atoms with Gasteiger partial charge < -0.3 is 15.3 Å². The fourth-order valence-corrected chi connectivity index (χ4v) is 4.87. The maximum atomic E-state index is 12.5. The molecule has 0 aromatic carbocycles. The molecule has 1 aliphatic carbocycles. The van der Waals surface area contributed by atoms with E-state index >= 15 is 0 Å². The van der Waals surface area contributed by atoms with Crippen molar-refractivity contribution < 1.29 is 5.11 Å². The first-order chi connectivity index (χ1) is 15.2. The smallest absolute Gasteiger partial charge is 0.267 e. The van der Waals surface area contributed by atoms with Gasteiger partial charge in [-0.25, -0.2) is 4.68 Å². The highest BCUT2D eigenvalue weighted by Crippen LogP contribution is 2.28. The molecular weight excluding hydrogens is 394 g/mol. The van der Waals surface area contributed by atoms with Crippen LogP contribution in [0.25, 0.3) is 5.65 Å². The zero-order chi connectivity index (χ0) is 21.2. The summed E-state index contributed by atoms with van der Waals surface area (Å²) in [4.78, 5) is 14.8. The van der Waals surface area contributed by atoms with E-state index in [9.17, 15) is 9.90 Å². The van der Waals surface area contributed by atoms with Crippen LogP contribution in [0.15, 0.2) is 41.3 Å². The minimum atomic E-state index is -0.505. The number of aliphatic hydroxyl groups excluding tert-OH is 1. The Labute approximate surface area is 180 Å². The average molecular weight is 424 g/mol. The van der Waals surface area contributed by atoms with Crippen LogP contribution >= 0.6 is 0 Å². The van der Waals surface area contributed by atoms with Crippen LogP contribution in [0.2, 0.25) is 0 Å². The molecule has 0 amide bonds. The Morgan fingerprint density at radius 1 is 1.03 bits per heavy atom. The lowest BCUT2D eigenvalue weighted by atomic mass is 9.93. The summed E-state index contributed by atoms with van der Waals surface area (Å²) >= 11 is 0. The first-order valence-corrected chi connectivity index (χ1v) is 11.3. The molecular formula is C22H29N7O2. The van der Waals surface area contributed by atoms with E-state index in [1.807, 2.05) is 34.9 Å². The van der Waals surface area contributed by atoms with Crippen molar-refractivity contribution in [2.24, 2.45) is 0 Å². The zero-order valence-electron chi connectivity index (χ0n) is 17.6. The molecule has 1 saturated heterocycles. The molecule has 2 N–H and O–H groups in total. The van der Waals surface area contributed by atoms with Crippen LogP contribution < -0.4 is 15.8 Å². The molecule has 9 nitrogen and oxygen atoms in total. The average Bonchev–Trinajstić information content (AvgIpc) is 3.22. The van der Waals surface area contributed by atoms with E-state index in [0.29, 0.717) is 6.54 Å². The second kappa shape index (κ2) is 8.66. The number of nitrogens with one attached hydrogen (secondary N) is 1. The molecule has 2 fully saturated rings. The minimum Gasteiger partial charge on any atom is -0.391 e. The number of nitrogens with zero attached hydrogens (tertiary/aromatic N) is 6. The van der Waals surface area contributed by atoms with Crippen molar-refractivity contribution in [3.05, 3.63) is 46.9 Å². The molecule has 3 unspecified atom stereocenters. The molecule has 3 atom stereocenters. The van der Waals surface area contributed by atoms with Crippen LogP contribution in [0.5, 0.6) is 0 Å². The Kier molecular flexibility index (Phi) is 5.59. The largest absolute Gasteiger partial charge is 0.391 e. The van der Waals surface area contributed by atoms with Crippen molar-refractivity contribution >= 4 is 17.4 Å². The lowest BCUT2D eigenvalue weighted by Gasteiger charge is -2.37. The molecule has 3 aromatic rings. The summed E-state index contributed by atoms with van der Waals surface area (Å²) in [5, 5.41) is 27.1. The second-order valence-corrected chi connectivity index (χ2v) is 8.57. The summed E-state index contributed by atoms with van der Waals surface area (Å²) in [7, 11) is 0. The Morgan fingerprint density at radius 3 is 2.81 bits per heavy atom. The number of aliphatic hydroxyl groups is 1. The summed E-state index contributed by atoms with van der Waals surface area (Å²) in [6.45, 7) is 1.61. The monoisotopic (exact) mass is 423 g/mol. The fraction of sp³-hybridized carbons (Fsp3) is 0.545. The van der Waals surface area contributed by atoms with Crippen molar-refractivity contribution in [3.63, 3.8) is 0 Å². The van der Waals surface area contributed by atoms with Gasteiger partial charge in [-0.15, -0.1) is 10.2 Å². The molecule has 31 heavy (non-hydrogen) atoms. The number of hydrogen-bond acceptors (Lipinski definition) is 7. The van der Waals surface area contributed by atoms with E-state index in [1.165, 1.54) is 4.68 Å². The number of piperidine rings is 1. The van der Waals surface area contributed by atoms with Crippen molar-refractivity contribution in [1.29, 1.82) is 0 Å². The summed E-state index contributed by atoms with van der Waals surface area (Å²) in [5.74, 6) is 1.53. The minimum absolute atomic E-state index is 0.142. The van der Waals surface area contributed by atoms with Gasteiger partial charge in [0.25, 0.3) is 5.56 Å². The Bertz CT molecular complexity index is 1090. The predicted octanol–water partition coefficient (Wildman–Crippen LogP) is 2.23. The van der Waals surface area contributed by atoms with Gasteiger partial charge >= 0.3 is 0 Å². The van der Waals surface area contributed by atoms with Gasteiger partial charge in [0.2, 0.25) is 5.95 Å². The molecule has 164 valence electrons. The lowest BCUT2D eigenvalue weighted by molar-refractivity contribution is 0.0669. The standard InChI is InChI=1S/C22H29N7O2/c30-18-9-2-1-8-17(18)29-21(31)12-11-20(26-29)27-13-5-3-7-16(27)15-23-22-25-24-19-10-4-6-14-28(19)22/h4,6,10-12,14,16-18,30H,1-3,5,7-9,13,15H2,(H,23,25). The van der Waals surface area contributed by atoms with Crippen LogP contribution in [0.3, 0.4) is 0 Å². The fourth-order valence-electron chi connectivity index (χ4n) is 4.87. The van der Waals surface area contributed by atoms with Crippen LogP contribution in [-0.2, 0) is 0 Å². The van der Waals surface area contributed by atoms with Gasteiger partial charge in [-0.3, -0.25) is 9.20 Å². The predicted molar refractivity (Wildman–Crippen MR) is 118 cm³/mol. The summed E-state index contributed by atoms with van der Waals surface area (Å²) in [6, 6.07) is 9.25. The van der Waals surface area contributed by atoms with Crippen molar-refractivity contribution in [2.45, 2.75) is 63.1 Å². The number of fused-ring (bicyclic) bond motifs is 1. The topological polar surface area (TPSA) is 101 Å². The van der Waals surface area contributed by atoms with E-state index in [0.717, 1.165) is 68.9 Å². The Hall–Kier alpha value is -2.94. The highest BCUT2D eigenvalue weighted by molar-refractivity contribution is 5.45. The van der Waals surface area contributed by atoms with Gasteiger partial charge in [-0.1, -0.05) is 18.9 Å². The van der Waals surface area contributed by atoms with Gasteiger partial charge in [0, 0.05) is 31.4 Å². The number of anilines is 2. The summed E-state index contributed by atoms with van der Waals surface area (Å²) in [5.41, 5.74) is 0.668. The molecule has 2 aliphatic rings. The van der Waals surface area contributed by atoms with E-state index < -0.39 is 6.10 Å². The molecule has 0 bridgehead atoms. The summed E-state index contributed by atoms with van der Waals surface area (Å²) in [6.07, 6.45) is 8.27. The highest BCUT2D eigenvalue weighted by Gasteiger charge is 2.29. The number of hydrogen-bond donors (Lipinski definition) is 2. The molecule has 1 saturated carbocycles. The van der Waals surface area contributed by atoms with Crippen LogP contribution in [0.1, 0.15) is 51.0 Å². The van der Waals surface area contributed by atoms with E-state index in [4.69, 9.17) is 5.10 Å². The normalized spacial score (nSPS) is 24.4. The number of rotatable bonds is 5. The van der Waals surface area contributed by atoms with Gasteiger partial charge in [0.1, 0.15) is 5.82 Å². The first-order valence-electron chi connectivity index (χ1n) is 11.3. The zero-order valence-corrected chi connectivity index (χ0v) is 17.6. The third-order valence-electron chi connectivity index (χ3n) is 6.55. The highest BCUT2D eigenvalue weighted by atomic mass is 16.3. The SMILES string of the molecule is O=c1ccc(N2CCCCC2CNc2nnc3ccccn23)nn1C1CCCCC1O. The van der Waals surface area contributed by atoms with Crippen molar-refractivity contribution in [3.8, 4) is 0 Å². The van der Waals surface area contributed by atoms with Crippen LogP contribution in [-0.4, -0.2) is 54.7 Å². The lowest BCUT2D eigenvalue weighted by Crippen LogP contribution is -2.45. The van der Waals surface area contributed by atoms with Gasteiger partial charge in [-0.2, -0.15) is 5.10 Å². The van der Waals surface area contributed by atoms with E-state index in [-0.39, 0.29) is 17.6 Å². The van der Waals surface area contributed by atoms with Crippen LogP contribution in [0.4, 0.5) is 11.8 Å². The quantitative estimate of drug-likeness (QED) is 0.649. The number of pyridine rings is 1. The molecule has 0 radical (unpaired) electrons. The Morgan fingerprint density at radius 2 is 1.90 bits per heavy atom. The molecule has 3 aromatic heterocycles. The van der Waals surface area contributed by atoms with E-state index in [1.54, 1.807) is 6.07 Å². The molecule has 0 spiro atoms. The molecule has 9 heteroatoms. The third kappa shape index (κ3) is 4.01. The second-order valence-electron chi connectivity index (χ2n) is 8.57. The van der Waals surface area contributed by atoms with E-state index in [2.05, 4.69) is 20.4 Å². The van der Waals surface area contributed by atoms with Gasteiger partial charge in [-0.05, 0) is 50.3 Å². The first kappa shape index (κ1) is 20.0. The van der Waals surface area contributed by atoms with Crippen molar-refractivity contribution in [1.82, 2.24) is 24.4 Å². The molecule has 5 rings (SSSR count). The van der Waals surface area contributed by atoms with Gasteiger partial charge in [0.05, 0.1) is 12.1 Å². The Balaban J connectivity index is 1.36. The summed E-state index contributed by atoms with van der Waals surface area (Å²) < 4.78 is 3.46.